The lowest BCUT2D eigenvalue weighted by molar-refractivity contribution is -0.144. The number of alkyl halides is 3. The van der Waals surface area contributed by atoms with E-state index < -0.39 is 23.6 Å². The summed E-state index contributed by atoms with van der Waals surface area (Å²) in [6, 6.07) is 11.9. The molecule has 0 fully saturated rings. The lowest BCUT2D eigenvalue weighted by Gasteiger charge is -2.12. The highest BCUT2D eigenvalue weighted by atomic mass is 19.4. The summed E-state index contributed by atoms with van der Waals surface area (Å²) in [7, 11) is 1.69. The van der Waals surface area contributed by atoms with E-state index in [4.69, 9.17) is 4.74 Å². The molecule has 0 saturated heterocycles. The summed E-state index contributed by atoms with van der Waals surface area (Å²) < 4.78 is 44.9. The van der Waals surface area contributed by atoms with Crippen molar-refractivity contribution in [2.75, 3.05) is 11.9 Å². The summed E-state index contributed by atoms with van der Waals surface area (Å²) in [5.74, 6) is -0.145. The van der Waals surface area contributed by atoms with Gasteiger partial charge in [0.1, 0.15) is 11.7 Å². The third kappa shape index (κ3) is 4.61. The van der Waals surface area contributed by atoms with Crippen LogP contribution in [0.1, 0.15) is 31.2 Å². The first-order chi connectivity index (χ1) is 14.2. The molecule has 3 aromatic rings. The first-order valence-corrected chi connectivity index (χ1v) is 9.32. The second-order valence-electron chi connectivity index (χ2n) is 6.64. The first-order valence-electron chi connectivity index (χ1n) is 9.32. The maximum absolute atomic E-state index is 12.8. The summed E-state index contributed by atoms with van der Waals surface area (Å²) in [5.41, 5.74) is 1.05. The predicted octanol–water partition coefficient (Wildman–Crippen LogP) is 4.91. The van der Waals surface area contributed by atoms with Gasteiger partial charge in [0.15, 0.2) is 5.82 Å². The Bertz CT molecular complexity index is 1030. The Balaban J connectivity index is 1.89. The van der Waals surface area contributed by atoms with Crippen molar-refractivity contribution in [3.05, 3.63) is 59.9 Å². The van der Waals surface area contributed by atoms with E-state index in [9.17, 15) is 18.0 Å². The van der Waals surface area contributed by atoms with E-state index >= 15 is 0 Å². The standard InChI is InChI=1S/C21H21F3N4O2/c1-4-30-20(29)13(2)19-26-18(27-28(19)3)16-7-5-6-8-17(16)25-15-11-9-14(10-12-15)21(22,23)24/h5-13,25H,4H2,1-3H3. The number of carbonyl (C=O) groups excluding carboxylic acids is 1. The van der Waals surface area contributed by atoms with Gasteiger partial charge >= 0.3 is 12.1 Å². The molecular formula is C21H21F3N4O2. The Morgan fingerprint density at radius 3 is 2.47 bits per heavy atom. The summed E-state index contributed by atoms with van der Waals surface area (Å²) in [4.78, 5) is 16.5. The SMILES string of the molecule is CCOC(=O)C(C)c1nc(-c2ccccc2Nc2ccc(C(F)(F)F)cc2)nn1C. The molecule has 0 amide bonds. The molecule has 1 unspecified atom stereocenters. The van der Waals surface area contributed by atoms with Crippen LogP contribution in [0.3, 0.4) is 0 Å². The van der Waals surface area contributed by atoms with E-state index in [2.05, 4.69) is 15.4 Å². The van der Waals surface area contributed by atoms with E-state index in [1.54, 1.807) is 45.2 Å². The monoisotopic (exact) mass is 418 g/mol. The molecule has 0 aliphatic heterocycles. The van der Waals surface area contributed by atoms with Gasteiger partial charge in [0.2, 0.25) is 0 Å². The highest BCUT2D eigenvalue weighted by Gasteiger charge is 2.30. The smallest absolute Gasteiger partial charge is 0.416 e. The van der Waals surface area contributed by atoms with Crippen LogP contribution < -0.4 is 5.32 Å². The van der Waals surface area contributed by atoms with E-state index in [1.165, 1.54) is 16.8 Å². The second kappa shape index (κ2) is 8.56. The average molecular weight is 418 g/mol. The van der Waals surface area contributed by atoms with Gasteiger partial charge in [-0.2, -0.15) is 18.3 Å². The molecule has 1 aromatic heterocycles. The average Bonchev–Trinajstić information content (AvgIpc) is 3.09. The van der Waals surface area contributed by atoms with Crippen molar-refractivity contribution < 1.29 is 22.7 Å². The number of benzene rings is 2. The zero-order valence-electron chi connectivity index (χ0n) is 16.7. The number of hydrogen-bond acceptors (Lipinski definition) is 5. The van der Waals surface area contributed by atoms with Crippen LogP contribution in [-0.4, -0.2) is 27.3 Å². The van der Waals surface area contributed by atoms with Crippen LogP contribution in [0.25, 0.3) is 11.4 Å². The quantitative estimate of drug-likeness (QED) is 0.576. The topological polar surface area (TPSA) is 69.0 Å². The molecule has 0 spiro atoms. The second-order valence-corrected chi connectivity index (χ2v) is 6.64. The zero-order chi connectivity index (χ0) is 21.9. The van der Waals surface area contributed by atoms with Gasteiger partial charge in [-0.15, -0.1) is 0 Å². The Morgan fingerprint density at radius 1 is 1.17 bits per heavy atom. The van der Waals surface area contributed by atoms with Crippen LogP contribution >= 0.6 is 0 Å². The largest absolute Gasteiger partial charge is 0.465 e. The number of esters is 1. The van der Waals surface area contributed by atoms with Crippen LogP contribution in [0.5, 0.6) is 0 Å². The molecule has 1 N–H and O–H groups in total. The van der Waals surface area contributed by atoms with Crippen molar-refractivity contribution in [2.24, 2.45) is 7.05 Å². The van der Waals surface area contributed by atoms with Crippen LogP contribution in [0.15, 0.2) is 48.5 Å². The zero-order valence-corrected chi connectivity index (χ0v) is 16.7. The van der Waals surface area contributed by atoms with E-state index in [1.807, 2.05) is 0 Å². The van der Waals surface area contributed by atoms with Gasteiger partial charge in [-0.3, -0.25) is 9.48 Å². The number of carbonyl (C=O) groups is 1. The number of aryl methyl sites for hydroxylation is 1. The number of nitrogens with one attached hydrogen (secondary N) is 1. The fraction of sp³-hybridized carbons (Fsp3) is 0.286. The van der Waals surface area contributed by atoms with Gasteiger partial charge in [0.25, 0.3) is 0 Å². The number of ether oxygens (including phenoxy) is 1. The molecule has 30 heavy (non-hydrogen) atoms. The molecule has 2 aromatic carbocycles. The van der Waals surface area contributed by atoms with Crippen molar-refractivity contribution in [3.8, 4) is 11.4 Å². The predicted molar refractivity (Wildman–Crippen MR) is 106 cm³/mol. The number of nitrogens with zero attached hydrogens (tertiary/aromatic N) is 3. The summed E-state index contributed by atoms with van der Waals surface area (Å²) in [5, 5.41) is 7.50. The Morgan fingerprint density at radius 2 is 1.83 bits per heavy atom. The molecular weight excluding hydrogens is 397 g/mol. The number of hydrogen-bond donors (Lipinski definition) is 1. The maximum Gasteiger partial charge on any atom is 0.416 e. The maximum atomic E-state index is 12.8. The minimum atomic E-state index is -4.39. The molecule has 6 nitrogen and oxygen atoms in total. The Labute approximate surface area is 171 Å². The number of anilines is 2. The minimum absolute atomic E-state index is 0.272. The third-order valence-corrected chi connectivity index (χ3v) is 4.48. The minimum Gasteiger partial charge on any atom is -0.465 e. The molecule has 9 heteroatoms. The molecule has 3 rings (SSSR count). The molecule has 0 bridgehead atoms. The summed E-state index contributed by atoms with van der Waals surface area (Å²) >= 11 is 0. The van der Waals surface area contributed by atoms with Gasteiger partial charge in [-0.05, 0) is 50.2 Å². The molecule has 0 aliphatic rings. The first kappa shape index (κ1) is 21.4. The molecule has 1 heterocycles. The molecule has 158 valence electrons. The Hall–Kier alpha value is -3.36. The lowest BCUT2D eigenvalue weighted by Crippen LogP contribution is -2.16. The van der Waals surface area contributed by atoms with Gasteiger partial charge in [-0.25, -0.2) is 4.98 Å². The van der Waals surface area contributed by atoms with E-state index in [0.717, 1.165) is 12.1 Å². The molecule has 0 radical (unpaired) electrons. The van der Waals surface area contributed by atoms with Gasteiger partial charge in [0, 0.05) is 24.0 Å². The number of rotatable bonds is 6. The number of halogens is 3. The van der Waals surface area contributed by atoms with Gasteiger partial charge in [-0.1, -0.05) is 12.1 Å². The normalized spacial score (nSPS) is 12.5. The van der Waals surface area contributed by atoms with E-state index in [0.29, 0.717) is 28.6 Å². The van der Waals surface area contributed by atoms with Crippen molar-refractivity contribution in [2.45, 2.75) is 25.9 Å². The number of aromatic nitrogens is 3. The van der Waals surface area contributed by atoms with Crippen molar-refractivity contribution in [3.63, 3.8) is 0 Å². The molecule has 0 aliphatic carbocycles. The molecule has 0 saturated carbocycles. The Kier molecular flexibility index (Phi) is 6.09. The van der Waals surface area contributed by atoms with Gasteiger partial charge in [0.05, 0.1) is 12.2 Å². The highest BCUT2D eigenvalue weighted by molar-refractivity contribution is 5.79. The van der Waals surface area contributed by atoms with Crippen LogP contribution in [0.4, 0.5) is 24.5 Å². The fourth-order valence-electron chi connectivity index (χ4n) is 2.95. The summed E-state index contributed by atoms with van der Waals surface area (Å²) in [6.45, 7) is 3.70. The summed E-state index contributed by atoms with van der Waals surface area (Å²) in [6.07, 6.45) is -4.39. The third-order valence-electron chi connectivity index (χ3n) is 4.48. The highest BCUT2D eigenvalue weighted by Crippen LogP contribution is 2.32. The lowest BCUT2D eigenvalue weighted by atomic mass is 10.1. The van der Waals surface area contributed by atoms with Crippen LogP contribution in [0, 0.1) is 0 Å². The van der Waals surface area contributed by atoms with Crippen molar-refractivity contribution in [1.82, 2.24) is 14.8 Å². The van der Waals surface area contributed by atoms with Gasteiger partial charge < -0.3 is 10.1 Å². The van der Waals surface area contributed by atoms with Crippen molar-refractivity contribution in [1.29, 1.82) is 0 Å². The van der Waals surface area contributed by atoms with Crippen molar-refractivity contribution >= 4 is 17.3 Å². The fourth-order valence-corrected chi connectivity index (χ4v) is 2.95. The number of para-hydroxylation sites is 1. The van der Waals surface area contributed by atoms with Crippen LogP contribution in [-0.2, 0) is 22.8 Å². The molecule has 1 atom stereocenters. The van der Waals surface area contributed by atoms with Crippen LogP contribution in [0.2, 0.25) is 0 Å². The van der Waals surface area contributed by atoms with E-state index in [-0.39, 0.29) is 6.61 Å².